The maximum atomic E-state index is 10.7. The second-order valence-corrected chi connectivity index (χ2v) is 2.50. The molecule has 0 bridgehead atoms. The van der Waals surface area contributed by atoms with Crippen LogP contribution in [0.4, 0.5) is 0 Å². The Kier molecular flexibility index (Phi) is 6.42. The maximum absolute atomic E-state index is 10.7. The Hall–Kier alpha value is 1.73. The topological polar surface area (TPSA) is 26.3 Å². The minimum atomic E-state index is -0.272. The second-order valence-electron chi connectivity index (χ2n) is 2.50. The van der Waals surface area contributed by atoms with Gasteiger partial charge in [-0.05, 0) is 20.1 Å². The third kappa shape index (κ3) is 4.22. The first-order valence-electron chi connectivity index (χ1n) is 3.13. The first kappa shape index (κ1) is 10.7. The van der Waals surface area contributed by atoms with Crippen molar-refractivity contribution in [2.45, 2.75) is 18.9 Å². The van der Waals surface area contributed by atoms with Crippen molar-refractivity contribution in [1.29, 1.82) is 0 Å². The van der Waals surface area contributed by atoms with E-state index in [0.29, 0.717) is 0 Å². The number of rotatable bonds is 0. The van der Waals surface area contributed by atoms with E-state index in [2.05, 4.69) is 11.9 Å². The Balaban J connectivity index is 0.000000640. The quantitative estimate of drug-likeness (QED) is 0.404. The molecule has 1 aliphatic heterocycles. The van der Waals surface area contributed by atoms with Crippen molar-refractivity contribution in [2.24, 2.45) is 0 Å². The molecule has 0 aliphatic carbocycles. The normalized spacial score (nSPS) is 23.3. The van der Waals surface area contributed by atoms with Crippen LogP contribution < -0.4 is 63.3 Å². The molecule has 1 heterocycles. The third-order valence-corrected chi connectivity index (χ3v) is 1.67. The Bertz CT molecular complexity index is 61.5. The minimum absolute atomic E-state index is 0. The van der Waals surface area contributed by atoms with Crippen LogP contribution in [0.1, 0.15) is 12.8 Å². The molecule has 1 saturated heterocycles. The van der Waals surface area contributed by atoms with E-state index < -0.39 is 0 Å². The fourth-order valence-electron chi connectivity index (χ4n) is 0.985. The van der Waals surface area contributed by atoms with Crippen LogP contribution in [0.2, 0.25) is 0 Å². The van der Waals surface area contributed by atoms with Crippen LogP contribution >= 0.6 is 0 Å². The van der Waals surface area contributed by atoms with Gasteiger partial charge in [-0.2, -0.15) is 0 Å². The molecule has 2 nitrogen and oxygen atoms in total. The van der Waals surface area contributed by atoms with E-state index in [1.807, 2.05) is 0 Å². The van der Waals surface area contributed by atoms with Crippen molar-refractivity contribution in [3.63, 3.8) is 0 Å². The standard InChI is InChI=1S/C6H12NO.Rb/c1-7-4-2-6(8)3-5-7;/h6H,2-5H2,1H3;/q-1;+1. The van der Waals surface area contributed by atoms with Crippen molar-refractivity contribution >= 4 is 0 Å². The van der Waals surface area contributed by atoms with Crippen LogP contribution in [0.3, 0.4) is 0 Å². The fraction of sp³-hybridized carbons (Fsp3) is 1.00. The second kappa shape index (κ2) is 5.39. The first-order valence-corrected chi connectivity index (χ1v) is 3.13. The molecule has 9 heavy (non-hydrogen) atoms. The SMILES string of the molecule is CN1CCC([O-])CC1.[Rb+]. The van der Waals surface area contributed by atoms with Gasteiger partial charge >= 0.3 is 58.2 Å². The average Bonchev–Trinajstić information content (AvgIpc) is 1.77. The minimum Gasteiger partial charge on any atom is -0.852 e. The summed E-state index contributed by atoms with van der Waals surface area (Å²) < 4.78 is 0. The molecule has 48 valence electrons. The molecular formula is C6H12NORb. The van der Waals surface area contributed by atoms with Gasteiger partial charge in [-0.3, -0.25) is 0 Å². The molecule has 1 fully saturated rings. The van der Waals surface area contributed by atoms with Gasteiger partial charge in [-0.15, -0.1) is 6.10 Å². The Morgan fingerprint density at radius 2 is 1.78 bits per heavy atom. The Labute approximate surface area is 105 Å². The van der Waals surface area contributed by atoms with E-state index in [0.717, 1.165) is 25.9 Å². The molecule has 0 N–H and O–H groups in total. The number of likely N-dealkylation sites (tertiary alicyclic amines) is 1. The molecule has 1 aliphatic rings. The summed E-state index contributed by atoms with van der Waals surface area (Å²) in [5.74, 6) is 0. The van der Waals surface area contributed by atoms with Crippen LogP contribution in [-0.2, 0) is 0 Å². The van der Waals surface area contributed by atoms with Crippen LogP contribution in [0.15, 0.2) is 0 Å². The number of hydrogen-bond acceptors (Lipinski definition) is 2. The third-order valence-electron chi connectivity index (χ3n) is 1.67. The zero-order chi connectivity index (χ0) is 5.98. The molecule has 3 heteroatoms. The Morgan fingerprint density at radius 3 is 2.11 bits per heavy atom. The van der Waals surface area contributed by atoms with Gasteiger partial charge in [-0.1, -0.05) is 12.8 Å². The molecule has 1 rings (SSSR count). The van der Waals surface area contributed by atoms with E-state index in [1.165, 1.54) is 0 Å². The number of nitrogens with zero attached hydrogens (tertiary/aromatic N) is 1. The van der Waals surface area contributed by atoms with Crippen molar-refractivity contribution in [1.82, 2.24) is 4.90 Å². The van der Waals surface area contributed by atoms with Crippen LogP contribution in [0.25, 0.3) is 0 Å². The summed E-state index contributed by atoms with van der Waals surface area (Å²) in [6.07, 6.45) is 1.42. The molecule has 0 saturated carbocycles. The summed E-state index contributed by atoms with van der Waals surface area (Å²) in [5.41, 5.74) is 0. The van der Waals surface area contributed by atoms with E-state index in [-0.39, 0.29) is 64.3 Å². The van der Waals surface area contributed by atoms with Gasteiger partial charge in [0.25, 0.3) is 0 Å². The van der Waals surface area contributed by atoms with Crippen LogP contribution in [0, 0.1) is 0 Å². The Morgan fingerprint density at radius 1 is 1.33 bits per heavy atom. The fourth-order valence-corrected chi connectivity index (χ4v) is 0.985. The maximum Gasteiger partial charge on any atom is 1.00 e. The van der Waals surface area contributed by atoms with Crippen LogP contribution in [0.5, 0.6) is 0 Å². The van der Waals surface area contributed by atoms with Gasteiger partial charge in [0.15, 0.2) is 0 Å². The van der Waals surface area contributed by atoms with Crippen molar-refractivity contribution in [3.8, 4) is 0 Å². The molecule has 0 atom stereocenters. The van der Waals surface area contributed by atoms with Crippen LogP contribution in [-0.4, -0.2) is 31.1 Å². The molecule has 0 aromatic heterocycles. The molecule has 0 radical (unpaired) electrons. The predicted octanol–water partition coefficient (Wildman–Crippen LogP) is -3.56. The van der Waals surface area contributed by atoms with Crippen molar-refractivity contribution in [2.75, 3.05) is 20.1 Å². The summed E-state index contributed by atoms with van der Waals surface area (Å²) in [6, 6.07) is 0. The van der Waals surface area contributed by atoms with Crippen molar-refractivity contribution in [3.05, 3.63) is 0 Å². The number of hydrogen-bond donors (Lipinski definition) is 0. The van der Waals surface area contributed by atoms with Gasteiger partial charge < -0.3 is 10.0 Å². The van der Waals surface area contributed by atoms with Gasteiger partial charge in [0.1, 0.15) is 0 Å². The van der Waals surface area contributed by atoms with Gasteiger partial charge in [0.2, 0.25) is 0 Å². The molecule has 0 aromatic rings. The first-order chi connectivity index (χ1) is 3.79. The summed E-state index contributed by atoms with van der Waals surface area (Å²) in [6.45, 7) is 1.99. The predicted molar refractivity (Wildman–Crippen MR) is 30.5 cm³/mol. The molecular weight excluding hydrogens is 188 g/mol. The molecule has 0 unspecified atom stereocenters. The smallest absolute Gasteiger partial charge is 0.852 e. The summed E-state index contributed by atoms with van der Waals surface area (Å²) in [4.78, 5) is 2.20. The summed E-state index contributed by atoms with van der Waals surface area (Å²) in [7, 11) is 2.06. The zero-order valence-electron chi connectivity index (χ0n) is 6.26. The summed E-state index contributed by atoms with van der Waals surface area (Å²) >= 11 is 0. The van der Waals surface area contributed by atoms with E-state index in [4.69, 9.17) is 0 Å². The van der Waals surface area contributed by atoms with E-state index in [9.17, 15) is 5.11 Å². The zero-order valence-corrected chi connectivity index (χ0v) is 11.2. The number of piperidine rings is 1. The van der Waals surface area contributed by atoms with Gasteiger partial charge in [0, 0.05) is 0 Å². The van der Waals surface area contributed by atoms with Crippen molar-refractivity contribution < 1.29 is 63.3 Å². The molecule has 0 amide bonds. The monoisotopic (exact) mass is 199 g/mol. The van der Waals surface area contributed by atoms with E-state index >= 15 is 0 Å². The van der Waals surface area contributed by atoms with Gasteiger partial charge in [-0.25, -0.2) is 0 Å². The largest absolute Gasteiger partial charge is 1.00 e. The molecule has 0 spiro atoms. The van der Waals surface area contributed by atoms with E-state index in [1.54, 1.807) is 0 Å². The molecule has 0 aromatic carbocycles. The average molecular weight is 200 g/mol. The van der Waals surface area contributed by atoms with Gasteiger partial charge in [0.05, 0.1) is 0 Å². The summed E-state index contributed by atoms with van der Waals surface area (Å²) in [5, 5.41) is 10.7.